The van der Waals surface area contributed by atoms with Gasteiger partial charge in [0.05, 0.1) is 37.2 Å². The fourth-order valence-electron chi connectivity index (χ4n) is 9.79. The van der Waals surface area contributed by atoms with E-state index in [0.29, 0.717) is 13.2 Å². The van der Waals surface area contributed by atoms with Crippen LogP contribution in [0.5, 0.6) is 23.0 Å². The Morgan fingerprint density at radius 3 is 0.697 bits per heavy atom. The molecule has 3 rings (SSSR count). The summed E-state index contributed by atoms with van der Waals surface area (Å²) in [6, 6.07) is 13.1. The second-order valence-electron chi connectivity index (χ2n) is 20.1. The van der Waals surface area contributed by atoms with E-state index in [0.717, 1.165) is 83.4 Å². The molecule has 0 unspecified atom stereocenters. The van der Waals surface area contributed by atoms with E-state index in [1.807, 2.05) is 0 Å². The topological polar surface area (TPSA) is 36.9 Å². The molecule has 3 aromatic rings. The molecule has 0 aliphatic heterocycles. The molecular weight excluding hydrogens is 809 g/mol. The summed E-state index contributed by atoms with van der Waals surface area (Å²) in [6.45, 7) is 12.1. The van der Waals surface area contributed by atoms with Crippen LogP contribution in [-0.4, -0.2) is 26.4 Å². The van der Waals surface area contributed by atoms with Crippen LogP contribution < -0.4 is 18.9 Å². The summed E-state index contributed by atoms with van der Waals surface area (Å²) in [5.41, 5.74) is 0. The number of unbranched alkanes of at least 4 members (excludes halogenated alkanes) is 36. The molecule has 0 heterocycles. The molecule has 0 atom stereocenters. The van der Waals surface area contributed by atoms with E-state index in [9.17, 15) is 0 Å². The van der Waals surface area contributed by atoms with Gasteiger partial charge < -0.3 is 18.9 Å². The van der Waals surface area contributed by atoms with E-state index in [-0.39, 0.29) is 0 Å². The lowest BCUT2D eigenvalue weighted by atomic mass is 9.98. The molecule has 0 fully saturated rings. The quantitative estimate of drug-likeness (QED) is 0.0418. The van der Waals surface area contributed by atoms with Gasteiger partial charge in [0.2, 0.25) is 0 Å². The molecule has 4 heteroatoms. The first-order valence-corrected chi connectivity index (χ1v) is 29.3. The minimum absolute atomic E-state index is 0.704. The second kappa shape index (κ2) is 41.4. The van der Waals surface area contributed by atoms with Crippen molar-refractivity contribution in [2.75, 3.05) is 26.4 Å². The van der Waals surface area contributed by atoms with Gasteiger partial charge in [-0.25, -0.2) is 0 Å². The summed E-state index contributed by atoms with van der Waals surface area (Å²) in [6.07, 6.45) is 52.6. The van der Waals surface area contributed by atoms with Crippen molar-refractivity contribution < 1.29 is 18.9 Å². The van der Waals surface area contributed by atoms with E-state index >= 15 is 0 Å². The van der Waals surface area contributed by atoms with Gasteiger partial charge in [0, 0.05) is 10.8 Å². The predicted octanol–water partition coefficient (Wildman–Crippen LogP) is 21.2. The van der Waals surface area contributed by atoms with Crippen LogP contribution in [-0.2, 0) is 0 Å². The molecule has 0 bridgehead atoms. The van der Waals surface area contributed by atoms with Crippen LogP contribution >= 0.6 is 0 Å². The molecule has 378 valence electrons. The SMILES string of the molecule is CCCCCCCCCCCCOc1cccc2c(OCCCCCCCCCCCC)c3c(OCCCCCCCCCCCC)cccc3c(OCCCCCCCCCCCC)c12. The lowest BCUT2D eigenvalue weighted by molar-refractivity contribution is 0.293. The molecule has 66 heavy (non-hydrogen) atoms. The van der Waals surface area contributed by atoms with Crippen LogP contribution in [0.3, 0.4) is 0 Å². The first-order chi connectivity index (χ1) is 32.8. The van der Waals surface area contributed by atoms with Gasteiger partial charge in [-0.1, -0.05) is 283 Å². The maximum atomic E-state index is 6.99. The lowest BCUT2D eigenvalue weighted by Gasteiger charge is -2.22. The normalized spacial score (nSPS) is 11.6. The summed E-state index contributed by atoms with van der Waals surface area (Å²) in [5, 5.41) is 4.30. The second-order valence-corrected chi connectivity index (χ2v) is 20.1. The highest BCUT2D eigenvalue weighted by Gasteiger charge is 2.23. The number of hydrogen-bond donors (Lipinski definition) is 0. The standard InChI is InChI=1S/C62H106O4/c1-5-9-13-17-21-25-29-33-37-41-51-63-57-49-45-47-55-59(57)61(65-53-43-39-35-31-27-23-19-15-11-7-3)56-48-46-50-58(64-52-42-38-34-30-26-22-18-14-10-6-2)60(56)62(55)66-54-44-40-36-32-28-24-20-16-12-8-4/h45-50H,5-44,51-54H2,1-4H3. The minimum atomic E-state index is 0.704. The first kappa shape index (κ1) is 57.7. The van der Waals surface area contributed by atoms with Crippen LogP contribution in [0, 0.1) is 0 Å². The van der Waals surface area contributed by atoms with Crippen LogP contribution in [0.1, 0.15) is 285 Å². The van der Waals surface area contributed by atoms with Gasteiger partial charge in [-0.2, -0.15) is 0 Å². The molecule has 0 aliphatic rings. The smallest absolute Gasteiger partial charge is 0.139 e. The summed E-state index contributed by atoms with van der Waals surface area (Å²) < 4.78 is 27.5. The summed E-state index contributed by atoms with van der Waals surface area (Å²) in [7, 11) is 0. The van der Waals surface area contributed by atoms with Crippen molar-refractivity contribution in [3.63, 3.8) is 0 Å². The number of fused-ring (bicyclic) bond motifs is 2. The van der Waals surface area contributed by atoms with E-state index in [1.165, 1.54) is 231 Å². The molecule has 4 nitrogen and oxygen atoms in total. The van der Waals surface area contributed by atoms with E-state index in [1.54, 1.807) is 0 Å². The Labute approximate surface area is 409 Å². The molecule has 3 aromatic carbocycles. The van der Waals surface area contributed by atoms with E-state index in [4.69, 9.17) is 18.9 Å². The molecule has 0 radical (unpaired) electrons. The van der Waals surface area contributed by atoms with Crippen molar-refractivity contribution in [3.8, 4) is 23.0 Å². The monoisotopic (exact) mass is 915 g/mol. The third-order valence-electron chi connectivity index (χ3n) is 14.0. The largest absolute Gasteiger partial charge is 0.493 e. The Morgan fingerprint density at radius 1 is 0.242 bits per heavy atom. The van der Waals surface area contributed by atoms with Gasteiger partial charge in [0.25, 0.3) is 0 Å². The van der Waals surface area contributed by atoms with Gasteiger partial charge in [0.1, 0.15) is 23.0 Å². The Hall–Kier alpha value is -2.62. The number of hydrogen-bond acceptors (Lipinski definition) is 4. The van der Waals surface area contributed by atoms with Gasteiger partial charge in [-0.15, -0.1) is 0 Å². The molecule has 0 aliphatic carbocycles. The predicted molar refractivity (Wildman–Crippen MR) is 291 cm³/mol. The Kier molecular flexibility index (Phi) is 36.2. The average Bonchev–Trinajstić information content (AvgIpc) is 3.33. The highest BCUT2D eigenvalue weighted by atomic mass is 16.5. The minimum Gasteiger partial charge on any atom is -0.493 e. The van der Waals surface area contributed by atoms with Crippen LogP contribution in [0.15, 0.2) is 36.4 Å². The average molecular weight is 916 g/mol. The number of benzene rings is 3. The zero-order valence-electron chi connectivity index (χ0n) is 44.2. The van der Waals surface area contributed by atoms with E-state index < -0.39 is 0 Å². The molecule has 0 saturated heterocycles. The Bertz CT molecular complexity index is 1430. The molecule has 0 saturated carbocycles. The lowest BCUT2D eigenvalue weighted by Crippen LogP contribution is -2.06. The number of rotatable bonds is 48. The third-order valence-corrected chi connectivity index (χ3v) is 14.0. The van der Waals surface area contributed by atoms with Gasteiger partial charge >= 0.3 is 0 Å². The van der Waals surface area contributed by atoms with E-state index in [2.05, 4.69) is 64.1 Å². The van der Waals surface area contributed by atoms with Crippen LogP contribution in [0.4, 0.5) is 0 Å². The van der Waals surface area contributed by atoms with Crippen LogP contribution in [0.25, 0.3) is 21.5 Å². The van der Waals surface area contributed by atoms with Crippen molar-refractivity contribution in [1.82, 2.24) is 0 Å². The zero-order chi connectivity index (χ0) is 46.8. The highest BCUT2D eigenvalue weighted by molar-refractivity contribution is 6.15. The Balaban J connectivity index is 1.79. The molecule has 0 spiro atoms. The van der Waals surface area contributed by atoms with Crippen molar-refractivity contribution in [2.45, 2.75) is 285 Å². The summed E-state index contributed by atoms with van der Waals surface area (Å²) in [5.74, 6) is 3.71. The van der Waals surface area contributed by atoms with Gasteiger partial charge in [-0.3, -0.25) is 0 Å². The fraction of sp³-hybridized carbons (Fsp3) is 0.774. The summed E-state index contributed by atoms with van der Waals surface area (Å²) in [4.78, 5) is 0. The Morgan fingerprint density at radius 2 is 0.455 bits per heavy atom. The van der Waals surface area contributed by atoms with Crippen molar-refractivity contribution >= 4 is 21.5 Å². The van der Waals surface area contributed by atoms with Crippen molar-refractivity contribution in [3.05, 3.63) is 36.4 Å². The molecular formula is C62H106O4. The molecule has 0 aromatic heterocycles. The zero-order valence-corrected chi connectivity index (χ0v) is 44.2. The fourth-order valence-corrected chi connectivity index (χ4v) is 9.79. The highest BCUT2D eigenvalue weighted by Crippen LogP contribution is 2.49. The van der Waals surface area contributed by atoms with Crippen molar-refractivity contribution in [2.24, 2.45) is 0 Å². The number of ether oxygens (including phenoxy) is 4. The van der Waals surface area contributed by atoms with Crippen LogP contribution in [0.2, 0.25) is 0 Å². The van der Waals surface area contributed by atoms with Crippen molar-refractivity contribution in [1.29, 1.82) is 0 Å². The first-order valence-electron chi connectivity index (χ1n) is 29.3. The van der Waals surface area contributed by atoms with Gasteiger partial charge in [-0.05, 0) is 37.8 Å². The molecule has 0 N–H and O–H groups in total. The maximum Gasteiger partial charge on any atom is 0.139 e. The summed E-state index contributed by atoms with van der Waals surface area (Å²) >= 11 is 0. The molecule has 0 amide bonds. The maximum absolute atomic E-state index is 6.99. The third kappa shape index (κ3) is 25.7. The van der Waals surface area contributed by atoms with Gasteiger partial charge in [0.15, 0.2) is 0 Å².